The Balaban J connectivity index is 2.37. The molecule has 1 rings (SSSR count). The van der Waals surface area contributed by atoms with E-state index in [0.717, 1.165) is 5.56 Å². The summed E-state index contributed by atoms with van der Waals surface area (Å²) in [6.45, 7) is 3.77. The predicted molar refractivity (Wildman–Crippen MR) is 86.7 cm³/mol. The van der Waals surface area contributed by atoms with Crippen LogP contribution in [0.15, 0.2) is 22.7 Å². The zero-order valence-corrected chi connectivity index (χ0v) is 14.8. The normalized spacial score (nSPS) is 12.1. The summed E-state index contributed by atoms with van der Waals surface area (Å²) in [4.78, 5) is 11.4. The fourth-order valence-corrected chi connectivity index (χ4v) is 2.05. The third kappa shape index (κ3) is 8.13. The van der Waals surface area contributed by atoms with Crippen molar-refractivity contribution in [3.05, 3.63) is 28.2 Å². The van der Waals surface area contributed by atoms with Gasteiger partial charge in [0, 0.05) is 6.54 Å². The molecule has 0 fully saturated rings. The van der Waals surface area contributed by atoms with Crippen molar-refractivity contribution in [1.29, 1.82) is 0 Å². The molecular weight excluding hydrogens is 374 g/mol. The summed E-state index contributed by atoms with van der Waals surface area (Å²) in [5.41, 5.74) is 0.00901. The molecular formula is C15H21BrF2N2O3. The first kappa shape index (κ1) is 19.6. The van der Waals surface area contributed by atoms with E-state index in [2.05, 4.69) is 26.6 Å². The molecule has 0 atom stereocenters. The summed E-state index contributed by atoms with van der Waals surface area (Å²) in [6.07, 6.45) is -0.875. The summed E-state index contributed by atoms with van der Waals surface area (Å²) in [7, 11) is 0. The fraction of sp³-hybridized carbons (Fsp3) is 0.533. The quantitative estimate of drug-likeness (QED) is 0.691. The number of aromatic hydroxyl groups is 1. The van der Waals surface area contributed by atoms with Crippen molar-refractivity contribution in [3.8, 4) is 5.75 Å². The number of carbonyl (C=O) groups is 1. The number of hydrogen-bond donors (Lipinski definition) is 3. The van der Waals surface area contributed by atoms with E-state index in [0.29, 0.717) is 4.47 Å². The Morgan fingerprint density at radius 2 is 1.96 bits per heavy atom. The number of benzene rings is 1. The molecule has 1 amide bonds. The summed E-state index contributed by atoms with van der Waals surface area (Å²) in [5, 5.41) is 14.0. The van der Waals surface area contributed by atoms with Crippen LogP contribution in [0.5, 0.6) is 5.75 Å². The predicted octanol–water partition coefficient (Wildman–Crippen LogP) is 3.40. The highest BCUT2D eigenvalue weighted by Gasteiger charge is 2.30. The van der Waals surface area contributed by atoms with Crippen LogP contribution in [0.25, 0.3) is 0 Å². The van der Waals surface area contributed by atoms with Gasteiger partial charge in [-0.1, -0.05) is 6.07 Å². The average Bonchev–Trinajstić information content (AvgIpc) is 2.39. The molecule has 0 saturated heterocycles. The van der Waals surface area contributed by atoms with E-state index in [4.69, 9.17) is 4.74 Å². The molecule has 5 nitrogen and oxygen atoms in total. The van der Waals surface area contributed by atoms with Gasteiger partial charge in [-0.05, 0) is 54.4 Å². The van der Waals surface area contributed by atoms with Crippen molar-refractivity contribution in [2.24, 2.45) is 0 Å². The maximum absolute atomic E-state index is 13.7. The van der Waals surface area contributed by atoms with E-state index in [1.54, 1.807) is 32.9 Å². The minimum absolute atomic E-state index is 0.0839. The van der Waals surface area contributed by atoms with Gasteiger partial charge in [-0.25, -0.2) is 13.6 Å². The SMILES string of the molecule is CC(C)(C)OC(=O)NCC(F)(F)CNCc1ccc(O)c(Br)c1. The molecule has 0 unspecified atom stereocenters. The number of alkyl halides is 2. The molecule has 8 heteroatoms. The number of ether oxygens (including phenoxy) is 1. The highest BCUT2D eigenvalue weighted by molar-refractivity contribution is 9.10. The van der Waals surface area contributed by atoms with Crippen molar-refractivity contribution < 1.29 is 23.4 Å². The number of carbonyl (C=O) groups excluding carboxylic acids is 1. The van der Waals surface area contributed by atoms with Crippen LogP contribution in [0, 0.1) is 0 Å². The number of hydrogen-bond acceptors (Lipinski definition) is 4. The molecule has 0 saturated carbocycles. The van der Waals surface area contributed by atoms with E-state index in [-0.39, 0.29) is 12.3 Å². The lowest BCUT2D eigenvalue weighted by Gasteiger charge is -2.22. The molecule has 0 aromatic heterocycles. The molecule has 23 heavy (non-hydrogen) atoms. The Morgan fingerprint density at radius 1 is 1.30 bits per heavy atom. The average molecular weight is 395 g/mol. The molecule has 1 aromatic carbocycles. The van der Waals surface area contributed by atoms with Gasteiger partial charge in [0.15, 0.2) is 0 Å². The monoisotopic (exact) mass is 394 g/mol. The minimum atomic E-state index is -3.11. The lowest BCUT2D eigenvalue weighted by molar-refractivity contribution is -0.00376. The zero-order chi connectivity index (χ0) is 17.7. The van der Waals surface area contributed by atoms with Gasteiger partial charge in [0.2, 0.25) is 0 Å². The van der Waals surface area contributed by atoms with Crippen molar-refractivity contribution in [2.75, 3.05) is 13.1 Å². The lowest BCUT2D eigenvalue weighted by atomic mass is 10.2. The van der Waals surface area contributed by atoms with Crippen molar-refractivity contribution in [1.82, 2.24) is 10.6 Å². The van der Waals surface area contributed by atoms with E-state index in [1.807, 2.05) is 0 Å². The van der Waals surface area contributed by atoms with Crippen LogP contribution in [0.1, 0.15) is 26.3 Å². The van der Waals surface area contributed by atoms with Gasteiger partial charge >= 0.3 is 6.09 Å². The summed E-state index contributed by atoms with van der Waals surface area (Å²) in [5.74, 6) is -3.02. The third-order valence-electron chi connectivity index (χ3n) is 2.62. The number of alkyl carbamates (subject to hydrolysis) is 1. The standard InChI is InChI=1S/C15H21BrF2N2O3/c1-14(2,3)23-13(22)20-9-15(17,18)8-19-7-10-4-5-12(21)11(16)6-10/h4-6,19,21H,7-9H2,1-3H3,(H,20,22). The number of phenolic OH excluding ortho intramolecular Hbond substituents is 1. The van der Waals surface area contributed by atoms with Crippen LogP contribution in [0.2, 0.25) is 0 Å². The number of nitrogens with one attached hydrogen (secondary N) is 2. The fourth-order valence-electron chi connectivity index (χ4n) is 1.63. The van der Waals surface area contributed by atoms with Gasteiger partial charge in [0.25, 0.3) is 5.92 Å². The summed E-state index contributed by atoms with van der Waals surface area (Å²) >= 11 is 3.15. The molecule has 0 radical (unpaired) electrons. The first-order chi connectivity index (χ1) is 10.5. The molecule has 1 aromatic rings. The molecule has 0 bridgehead atoms. The summed E-state index contributed by atoms with van der Waals surface area (Å²) < 4.78 is 32.8. The number of amides is 1. The zero-order valence-electron chi connectivity index (χ0n) is 13.3. The molecule has 0 aliphatic rings. The van der Waals surface area contributed by atoms with Gasteiger partial charge in [-0.3, -0.25) is 0 Å². The number of halogens is 3. The van der Waals surface area contributed by atoms with Crippen LogP contribution in [0.3, 0.4) is 0 Å². The van der Waals surface area contributed by atoms with Crippen LogP contribution in [0.4, 0.5) is 13.6 Å². The summed E-state index contributed by atoms with van der Waals surface area (Å²) in [6, 6.07) is 4.74. The lowest BCUT2D eigenvalue weighted by Crippen LogP contribution is -2.44. The van der Waals surface area contributed by atoms with Gasteiger partial charge in [-0.2, -0.15) is 0 Å². The largest absolute Gasteiger partial charge is 0.507 e. The third-order valence-corrected chi connectivity index (χ3v) is 3.25. The number of phenols is 1. The van der Waals surface area contributed by atoms with Gasteiger partial charge in [-0.15, -0.1) is 0 Å². The minimum Gasteiger partial charge on any atom is -0.507 e. The maximum atomic E-state index is 13.7. The van der Waals surface area contributed by atoms with E-state index >= 15 is 0 Å². The molecule has 0 spiro atoms. The van der Waals surface area contributed by atoms with Crippen molar-refractivity contribution >= 4 is 22.0 Å². The van der Waals surface area contributed by atoms with Crippen LogP contribution in [-0.4, -0.2) is 35.8 Å². The molecule has 0 aliphatic carbocycles. The Hall–Kier alpha value is -1.41. The van der Waals surface area contributed by atoms with Gasteiger partial charge in [0.05, 0.1) is 17.6 Å². The second-order valence-corrected chi connectivity index (χ2v) is 6.96. The van der Waals surface area contributed by atoms with Crippen LogP contribution < -0.4 is 10.6 Å². The first-order valence-corrected chi connectivity index (χ1v) is 7.81. The van der Waals surface area contributed by atoms with Crippen molar-refractivity contribution in [3.63, 3.8) is 0 Å². The Labute approximate surface area is 142 Å². The molecule has 0 heterocycles. The topological polar surface area (TPSA) is 70.6 Å². The van der Waals surface area contributed by atoms with Crippen LogP contribution in [-0.2, 0) is 11.3 Å². The molecule has 0 aliphatic heterocycles. The highest BCUT2D eigenvalue weighted by Crippen LogP contribution is 2.24. The smallest absolute Gasteiger partial charge is 0.407 e. The van der Waals surface area contributed by atoms with E-state index < -0.39 is 30.7 Å². The maximum Gasteiger partial charge on any atom is 0.407 e. The Bertz CT molecular complexity index is 548. The van der Waals surface area contributed by atoms with Gasteiger partial charge in [0.1, 0.15) is 11.4 Å². The Kier molecular flexibility index (Phi) is 6.76. The van der Waals surface area contributed by atoms with Crippen LogP contribution >= 0.6 is 15.9 Å². The van der Waals surface area contributed by atoms with E-state index in [1.165, 1.54) is 6.07 Å². The first-order valence-electron chi connectivity index (χ1n) is 7.01. The Morgan fingerprint density at radius 3 is 2.52 bits per heavy atom. The second kappa shape index (κ2) is 7.92. The number of rotatable bonds is 6. The second-order valence-electron chi connectivity index (χ2n) is 6.10. The molecule has 3 N–H and O–H groups in total. The van der Waals surface area contributed by atoms with Gasteiger partial charge < -0.3 is 20.5 Å². The van der Waals surface area contributed by atoms with E-state index in [9.17, 15) is 18.7 Å². The van der Waals surface area contributed by atoms with Crippen molar-refractivity contribution in [2.45, 2.75) is 38.8 Å². The highest BCUT2D eigenvalue weighted by atomic mass is 79.9. The molecule has 130 valence electrons.